The zero-order valence-electron chi connectivity index (χ0n) is 16.7. The van der Waals surface area contributed by atoms with E-state index < -0.39 is 5.97 Å². The molecule has 0 atom stereocenters. The van der Waals surface area contributed by atoms with Gasteiger partial charge in [0.25, 0.3) is 0 Å². The summed E-state index contributed by atoms with van der Waals surface area (Å²) < 4.78 is 10.6. The summed E-state index contributed by atoms with van der Waals surface area (Å²) in [7, 11) is 3.18. The fraction of sp³-hybridized carbons (Fsp3) is 0.333. The van der Waals surface area contributed by atoms with Gasteiger partial charge < -0.3 is 19.6 Å². The molecule has 0 bridgehead atoms. The smallest absolute Gasteiger partial charge is 0.354 e. The van der Waals surface area contributed by atoms with Crippen molar-refractivity contribution in [3.8, 4) is 0 Å². The molecule has 0 saturated heterocycles. The molecule has 3 aromatic heterocycles. The Morgan fingerprint density at radius 1 is 1.10 bits per heavy atom. The minimum absolute atomic E-state index is 0.0327. The Morgan fingerprint density at radius 3 is 2.52 bits per heavy atom. The third kappa shape index (κ3) is 3.10. The second-order valence-electron chi connectivity index (χ2n) is 7.24. The van der Waals surface area contributed by atoms with Crippen LogP contribution in [0, 0.1) is 0 Å². The Bertz CT molecular complexity index is 1250. The lowest BCUT2D eigenvalue weighted by molar-refractivity contribution is 0.0685. The highest BCUT2D eigenvalue weighted by Gasteiger charge is 2.22. The van der Waals surface area contributed by atoms with Crippen molar-refractivity contribution in [2.24, 2.45) is 0 Å². The number of ether oxygens (including phenoxy) is 2. The Labute approximate surface area is 166 Å². The molecule has 2 N–H and O–H groups in total. The molecule has 4 rings (SSSR count). The zero-order valence-corrected chi connectivity index (χ0v) is 16.7. The number of H-pyrrole nitrogens is 1. The second-order valence-corrected chi connectivity index (χ2v) is 7.24. The number of fused-ring (bicyclic) bond motifs is 5. The highest BCUT2D eigenvalue weighted by Crippen LogP contribution is 2.35. The van der Waals surface area contributed by atoms with Crippen molar-refractivity contribution in [1.29, 1.82) is 0 Å². The number of carbonyl (C=O) groups is 1. The second kappa shape index (κ2) is 7.38. The Morgan fingerprint density at radius 2 is 1.86 bits per heavy atom. The molecule has 0 fully saturated rings. The number of methoxy groups -OCH3 is 2. The zero-order chi connectivity index (χ0) is 20.7. The molecule has 8 heteroatoms. The number of nitrogens with zero attached hydrogens (tertiary/aromatic N) is 3. The van der Waals surface area contributed by atoms with Gasteiger partial charge in [-0.3, -0.25) is 0 Å². The number of rotatable bonds is 6. The van der Waals surface area contributed by atoms with Gasteiger partial charge in [-0.1, -0.05) is 13.8 Å². The van der Waals surface area contributed by atoms with Crippen LogP contribution in [0.15, 0.2) is 18.3 Å². The van der Waals surface area contributed by atoms with Crippen LogP contribution in [0.3, 0.4) is 0 Å². The molecule has 150 valence electrons. The first-order chi connectivity index (χ1) is 14.0. The van der Waals surface area contributed by atoms with Gasteiger partial charge in [-0.05, 0) is 18.1 Å². The maximum Gasteiger partial charge on any atom is 0.354 e. The summed E-state index contributed by atoms with van der Waals surface area (Å²) in [6, 6.07) is 3.83. The van der Waals surface area contributed by atoms with Crippen LogP contribution in [-0.2, 0) is 22.7 Å². The van der Waals surface area contributed by atoms with E-state index in [9.17, 15) is 9.90 Å². The van der Waals surface area contributed by atoms with Gasteiger partial charge in [0.15, 0.2) is 5.69 Å². The summed E-state index contributed by atoms with van der Waals surface area (Å²) >= 11 is 0. The molecule has 0 aliphatic carbocycles. The highest BCUT2D eigenvalue weighted by atomic mass is 16.5. The van der Waals surface area contributed by atoms with Crippen LogP contribution in [0.5, 0.6) is 0 Å². The number of hydrogen-bond acceptors (Lipinski definition) is 6. The van der Waals surface area contributed by atoms with Gasteiger partial charge in [-0.15, -0.1) is 0 Å². The minimum atomic E-state index is -1.10. The van der Waals surface area contributed by atoms with Gasteiger partial charge in [-0.25, -0.2) is 19.7 Å². The molecule has 3 heterocycles. The van der Waals surface area contributed by atoms with E-state index in [-0.39, 0.29) is 18.2 Å². The van der Waals surface area contributed by atoms with Gasteiger partial charge in [0.05, 0.1) is 52.9 Å². The van der Waals surface area contributed by atoms with E-state index >= 15 is 0 Å². The van der Waals surface area contributed by atoms with Crippen LogP contribution in [-0.4, -0.2) is 45.2 Å². The summed E-state index contributed by atoms with van der Waals surface area (Å²) in [5.41, 5.74) is 5.23. The first kappa shape index (κ1) is 19.2. The van der Waals surface area contributed by atoms with E-state index in [1.165, 1.54) is 13.3 Å². The van der Waals surface area contributed by atoms with Gasteiger partial charge in [0.1, 0.15) is 0 Å². The summed E-state index contributed by atoms with van der Waals surface area (Å²) in [6.07, 6.45) is 1.50. The quantitative estimate of drug-likeness (QED) is 0.512. The molecule has 0 amide bonds. The van der Waals surface area contributed by atoms with Gasteiger partial charge >= 0.3 is 5.97 Å². The molecule has 8 nitrogen and oxygen atoms in total. The van der Waals surface area contributed by atoms with Crippen LogP contribution in [0.25, 0.3) is 32.8 Å². The van der Waals surface area contributed by atoms with Crippen molar-refractivity contribution in [2.45, 2.75) is 33.0 Å². The van der Waals surface area contributed by atoms with Crippen LogP contribution in [0.4, 0.5) is 0 Å². The van der Waals surface area contributed by atoms with E-state index in [2.05, 4.69) is 28.8 Å². The summed E-state index contributed by atoms with van der Waals surface area (Å²) in [5, 5.41) is 11.1. The molecule has 0 aliphatic rings. The number of aromatic nitrogens is 4. The molecule has 0 saturated carbocycles. The molecular weight excluding hydrogens is 372 g/mol. The SMILES string of the molecule is COCc1[nH]c2ccc3nc4cnc(C(=O)O)c(COC)c4c3c2nc1C(C)C. The van der Waals surface area contributed by atoms with Crippen molar-refractivity contribution in [3.63, 3.8) is 0 Å². The molecule has 0 unspecified atom stereocenters. The molecule has 0 spiro atoms. The van der Waals surface area contributed by atoms with Crippen molar-refractivity contribution in [3.05, 3.63) is 41.0 Å². The van der Waals surface area contributed by atoms with Gasteiger partial charge in [0, 0.05) is 30.6 Å². The Hall–Kier alpha value is -3.10. The van der Waals surface area contributed by atoms with E-state index in [1.807, 2.05) is 12.1 Å². The first-order valence-electron chi connectivity index (χ1n) is 9.30. The number of carboxylic acids is 1. The number of hydrogen-bond donors (Lipinski definition) is 2. The van der Waals surface area contributed by atoms with Crippen LogP contribution < -0.4 is 0 Å². The number of pyridine rings is 1. The standard InChI is InChI=1S/C21H22N4O4/c1-10(2)18-15(9-29-4)24-13-6-5-12-17(20(13)25-18)16-11(8-28-3)19(21(26)27)22-7-14(16)23-12/h5-7,10,24H,8-9H2,1-4H3,(H,26,27). The van der Waals surface area contributed by atoms with E-state index in [1.54, 1.807) is 7.11 Å². The lowest BCUT2D eigenvalue weighted by Gasteiger charge is -2.14. The Balaban J connectivity index is 2.17. The average Bonchev–Trinajstić information content (AvgIpc) is 3.07. The molecule has 0 aliphatic heterocycles. The average molecular weight is 394 g/mol. The molecular formula is C21H22N4O4. The maximum absolute atomic E-state index is 11.7. The van der Waals surface area contributed by atoms with Crippen LogP contribution >= 0.6 is 0 Å². The predicted octanol–water partition coefficient (Wildman–Crippen LogP) is 3.77. The topological polar surface area (TPSA) is 110 Å². The maximum atomic E-state index is 11.7. The van der Waals surface area contributed by atoms with Crippen LogP contribution in [0.1, 0.15) is 47.2 Å². The number of nitrogens with one attached hydrogen (secondary N) is 1. The summed E-state index contributed by atoms with van der Waals surface area (Å²) in [6.45, 7) is 4.69. The van der Waals surface area contributed by atoms with E-state index in [0.717, 1.165) is 38.7 Å². The first-order valence-corrected chi connectivity index (χ1v) is 9.30. The van der Waals surface area contributed by atoms with E-state index in [0.29, 0.717) is 17.7 Å². The number of aromatic carboxylic acids is 1. The monoisotopic (exact) mass is 394 g/mol. The van der Waals surface area contributed by atoms with Gasteiger partial charge in [-0.2, -0.15) is 0 Å². The fourth-order valence-corrected chi connectivity index (χ4v) is 3.79. The highest BCUT2D eigenvalue weighted by molar-refractivity contribution is 6.20. The van der Waals surface area contributed by atoms with E-state index in [4.69, 9.17) is 14.5 Å². The fourth-order valence-electron chi connectivity index (χ4n) is 3.79. The predicted molar refractivity (Wildman–Crippen MR) is 109 cm³/mol. The normalized spacial score (nSPS) is 11.9. The molecule has 1 aromatic carbocycles. The third-order valence-electron chi connectivity index (χ3n) is 4.96. The third-order valence-corrected chi connectivity index (χ3v) is 4.96. The number of aromatic amines is 1. The number of carboxylic acid groups (broad SMARTS) is 1. The molecule has 4 aromatic rings. The van der Waals surface area contributed by atoms with Crippen molar-refractivity contribution in [2.75, 3.05) is 14.2 Å². The minimum Gasteiger partial charge on any atom is -0.477 e. The lowest BCUT2D eigenvalue weighted by Crippen LogP contribution is -2.07. The van der Waals surface area contributed by atoms with Crippen molar-refractivity contribution >= 4 is 38.8 Å². The Kier molecular flexibility index (Phi) is 4.89. The van der Waals surface area contributed by atoms with Crippen molar-refractivity contribution in [1.82, 2.24) is 19.9 Å². The molecule has 0 radical (unpaired) electrons. The molecule has 29 heavy (non-hydrogen) atoms. The van der Waals surface area contributed by atoms with Crippen molar-refractivity contribution < 1.29 is 19.4 Å². The summed E-state index contributed by atoms with van der Waals surface area (Å²) in [4.78, 5) is 28.9. The largest absolute Gasteiger partial charge is 0.477 e. The van der Waals surface area contributed by atoms with Crippen LogP contribution in [0.2, 0.25) is 0 Å². The lowest BCUT2D eigenvalue weighted by atomic mass is 10.0. The van der Waals surface area contributed by atoms with Gasteiger partial charge in [0.2, 0.25) is 0 Å². The number of benzene rings is 1. The summed E-state index contributed by atoms with van der Waals surface area (Å²) in [5.74, 6) is -0.918.